The monoisotopic (exact) mass is 296 g/mol. The summed E-state index contributed by atoms with van der Waals surface area (Å²) < 4.78 is 31.7. The van der Waals surface area contributed by atoms with Crippen molar-refractivity contribution in [1.29, 1.82) is 5.26 Å². The number of benzene rings is 1. The molecule has 1 aromatic rings. The van der Waals surface area contributed by atoms with E-state index in [4.69, 9.17) is 5.26 Å². The van der Waals surface area contributed by atoms with Crippen molar-refractivity contribution in [2.75, 3.05) is 19.0 Å². The normalized spacial score (nSPS) is 10.9. The number of rotatable bonds is 6. The number of esters is 1. The highest BCUT2D eigenvalue weighted by molar-refractivity contribution is 5.90. The zero-order valence-corrected chi connectivity index (χ0v) is 12.3. The molecule has 0 fully saturated rings. The first kappa shape index (κ1) is 16.9. The molecule has 0 aliphatic rings. The predicted molar refractivity (Wildman–Crippen MR) is 74.8 cm³/mol. The van der Waals surface area contributed by atoms with E-state index in [1.54, 1.807) is 0 Å². The van der Waals surface area contributed by atoms with Gasteiger partial charge in [-0.1, -0.05) is 13.8 Å². The number of anilines is 1. The predicted octanol–water partition coefficient (Wildman–Crippen LogP) is 3.49. The number of methoxy groups -OCH3 is 1. The maximum Gasteiger partial charge on any atom is 0.340 e. The molecule has 0 unspecified atom stereocenters. The molecule has 0 aliphatic heterocycles. The van der Waals surface area contributed by atoms with Crippen LogP contribution in [0.2, 0.25) is 0 Å². The minimum Gasteiger partial charge on any atom is -0.465 e. The SMILES string of the molecule is COC(=O)c1cc(NCC(C)(C)CCC#N)c(F)cc1F. The van der Waals surface area contributed by atoms with Gasteiger partial charge >= 0.3 is 5.97 Å². The summed E-state index contributed by atoms with van der Waals surface area (Å²) in [5, 5.41) is 11.4. The summed E-state index contributed by atoms with van der Waals surface area (Å²) in [6.45, 7) is 4.25. The Balaban J connectivity index is 2.89. The molecule has 4 nitrogen and oxygen atoms in total. The van der Waals surface area contributed by atoms with E-state index >= 15 is 0 Å². The molecule has 0 heterocycles. The van der Waals surface area contributed by atoms with E-state index in [1.165, 1.54) is 0 Å². The van der Waals surface area contributed by atoms with Gasteiger partial charge in [0.15, 0.2) is 0 Å². The molecule has 0 spiro atoms. The van der Waals surface area contributed by atoms with Crippen LogP contribution in [0.3, 0.4) is 0 Å². The van der Waals surface area contributed by atoms with Crippen LogP contribution in [0.25, 0.3) is 0 Å². The molecule has 21 heavy (non-hydrogen) atoms. The second-order valence-electron chi connectivity index (χ2n) is 5.48. The van der Waals surface area contributed by atoms with Gasteiger partial charge in [0.05, 0.1) is 24.4 Å². The molecule has 0 aromatic heterocycles. The van der Waals surface area contributed by atoms with Crippen molar-refractivity contribution in [3.05, 3.63) is 29.3 Å². The maximum atomic E-state index is 13.7. The fourth-order valence-corrected chi connectivity index (χ4v) is 1.77. The fourth-order valence-electron chi connectivity index (χ4n) is 1.77. The lowest BCUT2D eigenvalue weighted by Crippen LogP contribution is -2.23. The Morgan fingerprint density at radius 2 is 2.05 bits per heavy atom. The second kappa shape index (κ2) is 7.02. The Morgan fingerprint density at radius 1 is 1.38 bits per heavy atom. The summed E-state index contributed by atoms with van der Waals surface area (Å²) in [6.07, 6.45) is 1.04. The number of ether oxygens (including phenoxy) is 1. The minimum atomic E-state index is -0.964. The lowest BCUT2D eigenvalue weighted by atomic mass is 9.88. The topological polar surface area (TPSA) is 62.1 Å². The third kappa shape index (κ3) is 4.71. The lowest BCUT2D eigenvalue weighted by Gasteiger charge is -2.24. The average Bonchev–Trinajstić information content (AvgIpc) is 2.43. The third-order valence-corrected chi connectivity index (χ3v) is 3.13. The van der Waals surface area contributed by atoms with Crippen molar-refractivity contribution in [3.63, 3.8) is 0 Å². The highest BCUT2D eigenvalue weighted by Crippen LogP contribution is 2.25. The number of nitrogens with zero attached hydrogens (tertiary/aromatic N) is 1. The number of hydrogen-bond donors (Lipinski definition) is 1. The zero-order chi connectivity index (χ0) is 16.0. The summed E-state index contributed by atoms with van der Waals surface area (Å²) in [5.41, 5.74) is -0.528. The zero-order valence-electron chi connectivity index (χ0n) is 12.3. The molecule has 0 amide bonds. The van der Waals surface area contributed by atoms with Crippen molar-refractivity contribution < 1.29 is 18.3 Å². The van der Waals surface area contributed by atoms with Gasteiger partial charge in [-0.15, -0.1) is 0 Å². The van der Waals surface area contributed by atoms with E-state index in [0.29, 0.717) is 25.5 Å². The van der Waals surface area contributed by atoms with E-state index < -0.39 is 17.6 Å². The number of halogens is 2. The van der Waals surface area contributed by atoms with Crippen LogP contribution in [0.15, 0.2) is 12.1 Å². The van der Waals surface area contributed by atoms with Gasteiger partial charge in [0.25, 0.3) is 0 Å². The molecule has 0 radical (unpaired) electrons. The quantitative estimate of drug-likeness (QED) is 0.816. The van der Waals surface area contributed by atoms with Crippen LogP contribution in [0.1, 0.15) is 37.0 Å². The van der Waals surface area contributed by atoms with Gasteiger partial charge in [-0.05, 0) is 17.9 Å². The van der Waals surface area contributed by atoms with Crippen LogP contribution < -0.4 is 5.32 Å². The molecule has 1 N–H and O–H groups in total. The molecular weight excluding hydrogens is 278 g/mol. The second-order valence-corrected chi connectivity index (χ2v) is 5.48. The van der Waals surface area contributed by atoms with Crippen LogP contribution in [0, 0.1) is 28.4 Å². The van der Waals surface area contributed by atoms with Gasteiger partial charge in [0.1, 0.15) is 11.6 Å². The van der Waals surface area contributed by atoms with Crippen LogP contribution in [0.5, 0.6) is 0 Å². The van der Waals surface area contributed by atoms with Crippen LogP contribution in [-0.2, 0) is 4.74 Å². The molecule has 1 aromatic carbocycles. The summed E-state index contributed by atoms with van der Waals surface area (Å²) in [5.74, 6) is -2.61. The molecule has 1 rings (SSSR count). The first-order valence-electron chi connectivity index (χ1n) is 6.49. The molecule has 0 bridgehead atoms. The molecule has 6 heteroatoms. The standard InChI is InChI=1S/C15H18F2N2O2/c1-15(2,5-4-6-18)9-19-13-7-10(14(20)21-3)11(16)8-12(13)17/h7-8,19H,4-5,9H2,1-3H3. The molecule has 114 valence electrons. The Kier molecular flexibility index (Phi) is 5.65. The summed E-state index contributed by atoms with van der Waals surface area (Å²) >= 11 is 0. The van der Waals surface area contributed by atoms with Crippen LogP contribution in [0.4, 0.5) is 14.5 Å². The van der Waals surface area contributed by atoms with E-state index in [-0.39, 0.29) is 16.7 Å². The summed E-state index contributed by atoms with van der Waals surface area (Å²) in [6, 6.07) is 3.80. The first-order valence-corrected chi connectivity index (χ1v) is 6.49. The number of nitrogens with one attached hydrogen (secondary N) is 1. The molecule has 0 saturated heterocycles. The Morgan fingerprint density at radius 3 is 2.62 bits per heavy atom. The lowest BCUT2D eigenvalue weighted by molar-refractivity contribution is 0.0595. The number of nitriles is 1. The highest BCUT2D eigenvalue weighted by atomic mass is 19.1. The van der Waals surface area contributed by atoms with Gasteiger partial charge in [-0.3, -0.25) is 0 Å². The summed E-state index contributed by atoms with van der Waals surface area (Å²) in [4.78, 5) is 11.4. The largest absolute Gasteiger partial charge is 0.465 e. The number of carbonyl (C=O) groups is 1. The van der Waals surface area contributed by atoms with Gasteiger partial charge in [-0.2, -0.15) is 5.26 Å². The van der Waals surface area contributed by atoms with Gasteiger partial charge in [-0.25, -0.2) is 13.6 Å². The van der Waals surface area contributed by atoms with Crippen LogP contribution in [-0.4, -0.2) is 19.6 Å². The molecule has 0 saturated carbocycles. The molecule has 0 atom stereocenters. The third-order valence-electron chi connectivity index (χ3n) is 3.13. The van der Waals surface area contributed by atoms with Crippen molar-refractivity contribution in [2.24, 2.45) is 5.41 Å². The van der Waals surface area contributed by atoms with E-state index in [2.05, 4.69) is 16.1 Å². The Bertz CT molecular complexity index is 566. The number of carbonyl (C=O) groups excluding carboxylic acids is 1. The minimum absolute atomic E-state index is 0.0295. The maximum absolute atomic E-state index is 13.7. The van der Waals surface area contributed by atoms with E-state index in [0.717, 1.165) is 13.2 Å². The van der Waals surface area contributed by atoms with Crippen LogP contribution >= 0.6 is 0 Å². The smallest absolute Gasteiger partial charge is 0.340 e. The van der Waals surface area contributed by atoms with Gasteiger partial charge in [0, 0.05) is 19.0 Å². The highest BCUT2D eigenvalue weighted by Gasteiger charge is 2.20. The molecular formula is C15H18F2N2O2. The van der Waals surface area contributed by atoms with Gasteiger partial charge in [0.2, 0.25) is 0 Å². The van der Waals surface area contributed by atoms with Crippen molar-refractivity contribution >= 4 is 11.7 Å². The Labute approximate surface area is 122 Å². The van der Waals surface area contributed by atoms with Crippen molar-refractivity contribution in [1.82, 2.24) is 0 Å². The van der Waals surface area contributed by atoms with E-state index in [9.17, 15) is 13.6 Å². The summed E-state index contributed by atoms with van der Waals surface area (Å²) in [7, 11) is 1.13. The fraction of sp³-hybridized carbons (Fsp3) is 0.467. The van der Waals surface area contributed by atoms with Gasteiger partial charge < -0.3 is 10.1 Å². The number of hydrogen-bond acceptors (Lipinski definition) is 4. The van der Waals surface area contributed by atoms with E-state index in [1.807, 2.05) is 13.8 Å². The first-order chi connectivity index (χ1) is 9.80. The molecule has 0 aliphatic carbocycles. The average molecular weight is 296 g/mol. The van der Waals surface area contributed by atoms with Crippen molar-refractivity contribution in [3.8, 4) is 6.07 Å². The Hall–Kier alpha value is -2.16. The van der Waals surface area contributed by atoms with Crippen molar-refractivity contribution in [2.45, 2.75) is 26.7 Å².